The van der Waals surface area contributed by atoms with E-state index in [0.29, 0.717) is 0 Å². The van der Waals surface area contributed by atoms with E-state index in [1.54, 1.807) is 0 Å². The zero-order valence-corrected chi connectivity index (χ0v) is 13.7. The van der Waals surface area contributed by atoms with Crippen molar-refractivity contribution >= 4 is 20.9 Å². The lowest BCUT2D eigenvalue weighted by atomic mass is 10.1. The Hall–Kier alpha value is -0.353. The Balaban J connectivity index is 2.29. The van der Waals surface area contributed by atoms with Crippen molar-refractivity contribution in [3.05, 3.63) is 34.9 Å². The van der Waals surface area contributed by atoms with E-state index in [0.717, 1.165) is 50.0 Å². The minimum atomic E-state index is -1.08. The van der Waals surface area contributed by atoms with Crippen LogP contribution >= 0.6 is 11.6 Å². The van der Waals surface area contributed by atoms with Crippen molar-refractivity contribution in [1.29, 1.82) is 0 Å². The van der Waals surface area contributed by atoms with Crippen LogP contribution in [0, 0.1) is 0 Å². The molecule has 0 bridgehead atoms. The molecule has 0 unspecified atom stereocenters. The predicted molar refractivity (Wildman–Crippen MR) is 82.8 cm³/mol. The zero-order valence-electron chi connectivity index (χ0n) is 12.0. The van der Waals surface area contributed by atoms with Crippen molar-refractivity contribution < 1.29 is 8.85 Å². The summed E-state index contributed by atoms with van der Waals surface area (Å²) in [5.41, 5.74) is 1.29. The first-order valence-electron chi connectivity index (χ1n) is 7.12. The fourth-order valence-corrected chi connectivity index (χ4v) is 3.66. The van der Waals surface area contributed by atoms with Gasteiger partial charge in [0.05, 0.1) is 0 Å². The lowest BCUT2D eigenvalue weighted by Gasteiger charge is -2.14. The van der Waals surface area contributed by atoms with Crippen LogP contribution in [-0.4, -0.2) is 22.5 Å². The molecule has 0 N–H and O–H groups in total. The summed E-state index contributed by atoms with van der Waals surface area (Å²) in [5.74, 6) is 0. The highest BCUT2D eigenvalue weighted by atomic mass is 35.5. The summed E-state index contributed by atoms with van der Waals surface area (Å²) in [4.78, 5) is 0. The topological polar surface area (TPSA) is 18.5 Å². The van der Waals surface area contributed by atoms with E-state index in [1.165, 1.54) is 5.56 Å². The minimum absolute atomic E-state index is 0.812. The summed E-state index contributed by atoms with van der Waals surface area (Å²) in [6.07, 6.45) is 4.25. The molecule has 1 aromatic carbocycles. The first-order valence-corrected chi connectivity index (χ1v) is 9.02. The third kappa shape index (κ3) is 7.73. The number of aryl methyl sites for hydroxylation is 1. The molecule has 0 aliphatic heterocycles. The van der Waals surface area contributed by atoms with Gasteiger partial charge >= 0.3 is 9.28 Å². The van der Waals surface area contributed by atoms with E-state index in [1.807, 2.05) is 18.2 Å². The fraction of sp³-hybridized carbons (Fsp3) is 0.600. The van der Waals surface area contributed by atoms with Crippen molar-refractivity contribution in [1.82, 2.24) is 0 Å². The quantitative estimate of drug-likeness (QED) is 0.587. The predicted octanol–water partition coefficient (Wildman–Crippen LogP) is 4.61. The van der Waals surface area contributed by atoms with Gasteiger partial charge in [-0.1, -0.05) is 37.6 Å². The standard InChI is InChI=1S/C15H24ClO2Si/c1-3-10-17-19(18-11-4-2)12-6-8-14-7-5-9-15(16)13-14/h5,7,9,13H,3-4,6,8,10-12H2,1-2H3. The van der Waals surface area contributed by atoms with Crippen molar-refractivity contribution in [3.8, 4) is 0 Å². The molecule has 1 aromatic rings. The second-order valence-electron chi connectivity index (χ2n) is 4.55. The molecule has 1 rings (SSSR count). The molecule has 19 heavy (non-hydrogen) atoms. The largest absolute Gasteiger partial charge is 0.393 e. The summed E-state index contributed by atoms with van der Waals surface area (Å²) in [6.45, 7) is 5.89. The third-order valence-corrected chi connectivity index (χ3v) is 4.72. The smallest absolute Gasteiger partial charge is 0.384 e. The highest BCUT2D eigenvalue weighted by Crippen LogP contribution is 2.14. The first kappa shape index (κ1) is 16.7. The minimum Gasteiger partial charge on any atom is -0.393 e. The average Bonchev–Trinajstić information content (AvgIpc) is 2.41. The van der Waals surface area contributed by atoms with Gasteiger partial charge in [0, 0.05) is 18.2 Å². The first-order chi connectivity index (χ1) is 9.26. The van der Waals surface area contributed by atoms with Crippen LogP contribution in [-0.2, 0) is 15.3 Å². The number of hydrogen-bond acceptors (Lipinski definition) is 2. The number of halogens is 1. The van der Waals surface area contributed by atoms with Gasteiger partial charge in [0.15, 0.2) is 0 Å². The van der Waals surface area contributed by atoms with E-state index >= 15 is 0 Å². The van der Waals surface area contributed by atoms with Crippen molar-refractivity contribution in [2.75, 3.05) is 13.2 Å². The van der Waals surface area contributed by atoms with E-state index in [9.17, 15) is 0 Å². The summed E-state index contributed by atoms with van der Waals surface area (Å²) < 4.78 is 11.6. The summed E-state index contributed by atoms with van der Waals surface area (Å²) in [7, 11) is -1.08. The molecule has 0 aliphatic carbocycles. The molecule has 0 amide bonds. The molecule has 0 atom stereocenters. The zero-order chi connectivity index (χ0) is 13.9. The Bertz CT molecular complexity index is 339. The van der Waals surface area contributed by atoms with Gasteiger partial charge in [0.25, 0.3) is 0 Å². The van der Waals surface area contributed by atoms with Gasteiger partial charge < -0.3 is 8.85 Å². The number of rotatable bonds is 10. The Morgan fingerprint density at radius 2 is 1.79 bits per heavy atom. The van der Waals surface area contributed by atoms with Gasteiger partial charge in [0.2, 0.25) is 0 Å². The van der Waals surface area contributed by atoms with Crippen LogP contribution in [0.1, 0.15) is 38.7 Å². The third-order valence-electron chi connectivity index (χ3n) is 2.67. The normalized spacial score (nSPS) is 11.2. The monoisotopic (exact) mass is 299 g/mol. The van der Waals surface area contributed by atoms with E-state index in [4.69, 9.17) is 20.5 Å². The maximum atomic E-state index is 5.98. The van der Waals surface area contributed by atoms with Crippen LogP contribution < -0.4 is 0 Å². The Morgan fingerprint density at radius 3 is 2.37 bits per heavy atom. The molecule has 0 fully saturated rings. The maximum absolute atomic E-state index is 5.98. The number of benzene rings is 1. The summed E-state index contributed by atoms with van der Waals surface area (Å²) in [6, 6.07) is 9.11. The molecule has 1 radical (unpaired) electrons. The molecule has 0 saturated heterocycles. The van der Waals surface area contributed by atoms with Crippen molar-refractivity contribution in [3.63, 3.8) is 0 Å². The van der Waals surface area contributed by atoms with Crippen LogP contribution in [0.3, 0.4) is 0 Å². The van der Waals surface area contributed by atoms with E-state index < -0.39 is 9.28 Å². The van der Waals surface area contributed by atoms with E-state index in [-0.39, 0.29) is 0 Å². The summed E-state index contributed by atoms with van der Waals surface area (Å²) >= 11 is 5.98. The van der Waals surface area contributed by atoms with Gasteiger partial charge in [-0.15, -0.1) is 0 Å². The van der Waals surface area contributed by atoms with E-state index in [2.05, 4.69) is 19.9 Å². The molecule has 0 aromatic heterocycles. The van der Waals surface area contributed by atoms with Gasteiger partial charge in [-0.05, 0) is 49.4 Å². The van der Waals surface area contributed by atoms with Crippen LogP contribution in [0.25, 0.3) is 0 Å². The van der Waals surface area contributed by atoms with Crippen LogP contribution in [0.15, 0.2) is 24.3 Å². The molecule has 0 aliphatic rings. The van der Waals surface area contributed by atoms with Gasteiger partial charge in [-0.3, -0.25) is 0 Å². The Kier molecular flexibility index (Phi) is 9.17. The average molecular weight is 300 g/mol. The van der Waals surface area contributed by atoms with Crippen LogP contribution in [0.2, 0.25) is 11.1 Å². The van der Waals surface area contributed by atoms with Crippen LogP contribution in [0.4, 0.5) is 0 Å². The van der Waals surface area contributed by atoms with Gasteiger partial charge in [-0.25, -0.2) is 0 Å². The Morgan fingerprint density at radius 1 is 1.11 bits per heavy atom. The SMILES string of the molecule is CCCO[Si](CCCc1cccc(Cl)c1)OCCC. The second-order valence-corrected chi connectivity index (χ2v) is 6.81. The lowest BCUT2D eigenvalue weighted by molar-refractivity contribution is 0.196. The number of hydrogen-bond donors (Lipinski definition) is 0. The molecule has 0 saturated carbocycles. The molecular weight excluding hydrogens is 276 g/mol. The highest BCUT2D eigenvalue weighted by molar-refractivity contribution is 6.44. The second kappa shape index (κ2) is 10.4. The molecular formula is C15H24ClO2Si. The van der Waals surface area contributed by atoms with Gasteiger partial charge in [-0.2, -0.15) is 0 Å². The Labute approximate surface area is 123 Å². The van der Waals surface area contributed by atoms with Crippen LogP contribution in [0.5, 0.6) is 0 Å². The molecule has 4 heteroatoms. The fourth-order valence-electron chi connectivity index (χ4n) is 1.75. The molecule has 107 valence electrons. The molecule has 0 heterocycles. The molecule has 0 spiro atoms. The lowest BCUT2D eigenvalue weighted by Crippen LogP contribution is -2.24. The van der Waals surface area contributed by atoms with Gasteiger partial charge in [0.1, 0.15) is 0 Å². The summed E-state index contributed by atoms with van der Waals surface area (Å²) in [5, 5.41) is 0.812. The highest BCUT2D eigenvalue weighted by Gasteiger charge is 2.14. The maximum Gasteiger partial charge on any atom is 0.384 e. The van der Waals surface area contributed by atoms with Crippen molar-refractivity contribution in [2.45, 2.75) is 45.6 Å². The molecule has 2 nitrogen and oxygen atoms in total. The van der Waals surface area contributed by atoms with Crippen molar-refractivity contribution in [2.24, 2.45) is 0 Å².